The molecular weight excluding hydrogens is 341 g/mol. The minimum Gasteiger partial charge on any atom is -0.311 e. The van der Waals surface area contributed by atoms with Crippen LogP contribution in [0.15, 0.2) is 16.6 Å². The van der Waals surface area contributed by atoms with Gasteiger partial charge in [-0.2, -0.15) is 13.2 Å². The van der Waals surface area contributed by atoms with E-state index >= 15 is 0 Å². The minimum absolute atomic E-state index is 0.129. The van der Waals surface area contributed by atoms with E-state index in [-0.39, 0.29) is 4.47 Å². The molecule has 0 bridgehead atoms. The van der Waals surface area contributed by atoms with E-state index in [1.165, 1.54) is 6.07 Å². The number of Topliss-reactive ketones (excluding diaryl/α,β-unsaturated/α-hetero) is 1. The van der Waals surface area contributed by atoms with E-state index in [4.69, 9.17) is 17.3 Å². The van der Waals surface area contributed by atoms with Crippen molar-refractivity contribution < 1.29 is 22.4 Å². The van der Waals surface area contributed by atoms with E-state index in [0.717, 1.165) is 6.07 Å². The first kappa shape index (κ1) is 15.4. The zero-order valence-corrected chi connectivity index (χ0v) is 11.3. The van der Waals surface area contributed by atoms with Crippen LogP contribution in [-0.4, -0.2) is 17.5 Å². The molecule has 0 saturated heterocycles. The first-order chi connectivity index (χ1) is 8.00. The van der Waals surface area contributed by atoms with Crippen molar-refractivity contribution in [2.24, 2.45) is 5.73 Å². The van der Waals surface area contributed by atoms with Crippen LogP contribution in [0.1, 0.15) is 17.3 Å². The molecule has 0 amide bonds. The maximum absolute atomic E-state index is 13.6. The van der Waals surface area contributed by atoms with Crippen molar-refractivity contribution in [2.75, 3.05) is 0 Å². The Balaban J connectivity index is 3.33. The van der Waals surface area contributed by atoms with Crippen LogP contribution in [0, 0.1) is 5.82 Å². The van der Waals surface area contributed by atoms with E-state index in [0.29, 0.717) is 6.92 Å². The molecule has 1 atom stereocenters. The molecule has 1 unspecified atom stereocenters. The molecule has 0 aliphatic carbocycles. The maximum Gasteiger partial charge on any atom is 0.413 e. The van der Waals surface area contributed by atoms with Gasteiger partial charge in [-0.15, -0.1) is 0 Å². The average molecular weight is 349 g/mol. The van der Waals surface area contributed by atoms with Gasteiger partial charge in [-0.1, -0.05) is 11.6 Å². The van der Waals surface area contributed by atoms with Crippen molar-refractivity contribution in [1.29, 1.82) is 0 Å². The predicted octanol–water partition coefficient (Wildman–Crippen LogP) is 3.70. The Labute approximate surface area is 113 Å². The van der Waals surface area contributed by atoms with Gasteiger partial charge in [0.15, 0.2) is 17.1 Å². The lowest BCUT2D eigenvalue weighted by Gasteiger charge is -2.26. The maximum atomic E-state index is 13.6. The van der Waals surface area contributed by atoms with E-state index in [1.807, 2.05) is 0 Å². The van der Waals surface area contributed by atoms with Crippen LogP contribution in [-0.2, 0) is 0 Å². The summed E-state index contributed by atoms with van der Waals surface area (Å²) in [5.41, 5.74) is 0.954. The fraction of sp³-hybridized carbons (Fsp3) is 0.300. The van der Waals surface area contributed by atoms with Gasteiger partial charge in [0.05, 0.1) is 10.6 Å². The summed E-state index contributed by atoms with van der Waals surface area (Å²) in [5.74, 6) is -2.82. The van der Waals surface area contributed by atoms with Gasteiger partial charge in [0.25, 0.3) is 0 Å². The molecule has 0 radical (unpaired) electrons. The molecule has 0 spiro atoms. The Bertz CT molecular complexity index is 501. The van der Waals surface area contributed by atoms with Gasteiger partial charge in [-0.05, 0) is 35.0 Å². The van der Waals surface area contributed by atoms with Crippen LogP contribution in [0.5, 0.6) is 0 Å². The van der Waals surface area contributed by atoms with Gasteiger partial charge >= 0.3 is 6.18 Å². The van der Waals surface area contributed by atoms with Crippen molar-refractivity contribution in [1.82, 2.24) is 0 Å². The number of halogens is 6. The number of carbonyl (C=O) groups is 1. The van der Waals surface area contributed by atoms with E-state index < -0.39 is 33.9 Å². The third-order valence-electron chi connectivity index (χ3n) is 2.34. The van der Waals surface area contributed by atoms with Crippen molar-refractivity contribution in [3.63, 3.8) is 0 Å². The molecular formula is C10H7BrClF4NO. The lowest BCUT2D eigenvalue weighted by Crippen LogP contribution is -2.57. The lowest BCUT2D eigenvalue weighted by atomic mass is 9.91. The molecule has 0 aliphatic heterocycles. The van der Waals surface area contributed by atoms with Gasteiger partial charge in [0, 0.05) is 4.47 Å². The minimum atomic E-state index is -4.99. The summed E-state index contributed by atoms with van der Waals surface area (Å²) in [7, 11) is 0. The second-order valence-electron chi connectivity index (χ2n) is 3.75. The number of nitrogens with two attached hydrogens (primary N) is 1. The fourth-order valence-corrected chi connectivity index (χ4v) is 1.58. The lowest BCUT2D eigenvalue weighted by molar-refractivity contribution is -0.165. The van der Waals surface area contributed by atoms with Crippen molar-refractivity contribution in [3.05, 3.63) is 33.0 Å². The predicted molar refractivity (Wildman–Crippen MR) is 62.1 cm³/mol. The quantitative estimate of drug-likeness (QED) is 0.503. The molecule has 1 aromatic rings. The van der Waals surface area contributed by atoms with Crippen molar-refractivity contribution in [2.45, 2.75) is 18.6 Å². The highest BCUT2D eigenvalue weighted by Crippen LogP contribution is 2.34. The highest BCUT2D eigenvalue weighted by Gasteiger charge is 2.54. The first-order valence-electron chi connectivity index (χ1n) is 4.54. The Morgan fingerprint density at radius 3 is 2.33 bits per heavy atom. The van der Waals surface area contributed by atoms with Gasteiger partial charge in [-0.25, -0.2) is 4.39 Å². The van der Waals surface area contributed by atoms with E-state index in [1.54, 1.807) is 0 Å². The third kappa shape index (κ3) is 2.53. The fourth-order valence-electron chi connectivity index (χ4n) is 1.11. The number of alkyl halides is 3. The zero-order chi connectivity index (χ0) is 14.3. The summed E-state index contributed by atoms with van der Waals surface area (Å²) < 4.78 is 51.5. The molecule has 0 aliphatic rings. The Morgan fingerprint density at radius 2 is 1.89 bits per heavy atom. The topological polar surface area (TPSA) is 43.1 Å². The number of benzene rings is 1. The van der Waals surface area contributed by atoms with Crippen LogP contribution < -0.4 is 5.73 Å². The standard InChI is InChI=1S/C10H7BrClF4NO/c1-9(17,10(14,15)16)8(18)4-2-3-5(11)6(12)7(4)13/h2-3H,17H2,1H3. The molecule has 18 heavy (non-hydrogen) atoms. The van der Waals surface area contributed by atoms with Gasteiger partial charge in [0.1, 0.15) is 0 Å². The highest BCUT2D eigenvalue weighted by molar-refractivity contribution is 9.10. The third-order valence-corrected chi connectivity index (χ3v) is 3.60. The van der Waals surface area contributed by atoms with Crippen LogP contribution in [0.4, 0.5) is 17.6 Å². The molecule has 2 N–H and O–H groups in total. The van der Waals surface area contributed by atoms with Gasteiger partial charge in [-0.3, -0.25) is 4.79 Å². The molecule has 2 nitrogen and oxygen atoms in total. The molecule has 0 aromatic heterocycles. The summed E-state index contributed by atoms with van der Waals surface area (Å²) in [6.07, 6.45) is -4.99. The van der Waals surface area contributed by atoms with Crippen molar-refractivity contribution >= 4 is 33.3 Å². The second kappa shape index (κ2) is 4.79. The Hall–Kier alpha value is -0.660. The largest absolute Gasteiger partial charge is 0.413 e. The zero-order valence-electron chi connectivity index (χ0n) is 8.91. The van der Waals surface area contributed by atoms with E-state index in [9.17, 15) is 22.4 Å². The number of hydrogen-bond donors (Lipinski definition) is 1. The normalized spacial score (nSPS) is 15.3. The van der Waals surface area contributed by atoms with Crippen LogP contribution in [0.25, 0.3) is 0 Å². The smallest absolute Gasteiger partial charge is 0.311 e. The van der Waals surface area contributed by atoms with Crippen LogP contribution >= 0.6 is 27.5 Å². The monoisotopic (exact) mass is 347 g/mol. The first-order valence-corrected chi connectivity index (χ1v) is 5.71. The Morgan fingerprint density at radius 1 is 1.39 bits per heavy atom. The molecule has 0 fully saturated rings. The SMILES string of the molecule is CC(N)(C(=O)c1ccc(Br)c(Cl)c1F)C(F)(F)F. The molecule has 0 saturated carbocycles. The summed E-state index contributed by atoms with van der Waals surface area (Å²) >= 11 is 8.38. The summed E-state index contributed by atoms with van der Waals surface area (Å²) in [5, 5.41) is -0.473. The van der Waals surface area contributed by atoms with Gasteiger partial charge in [0.2, 0.25) is 0 Å². The summed E-state index contributed by atoms with van der Waals surface area (Å²) in [6, 6.07) is 2.07. The number of ketones is 1. The number of carbonyl (C=O) groups excluding carboxylic acids is 1. The average Bonchev–Trinajstić information content (AvgIpc) is 2.24. The molecule has 8 heteroatoms. The van der Waals surface area contributed by atoms with Crippen LogP contribution in [0.2, 0.25) is 5.02 Å². The summed E-state index contributed by atoms with van der Waals surface area (Å²) in [6.45, 7) is 0.477. The second-order valence-corrected chi connectivity index (χ2v) is 4.98. The van der Waals surface area contributed by atoms with E-state index in [2.05, 4.69) is 15.9 Å². The molecule has 0 heterocycles. The molecule has 100 valence electrons. The molecule has 1 rings (SSSR count). The Kier molecular flexibility index (Phi) is 4.10. The van der Waals surface area contributed by atoms with Crippen LogP contribution in [0.3, 0.4) is 0 Å². The highest BCUT2D eigenvalue weighted by atomic mass is 79.9. The molecule has 1 aromatic carbocycles. The number of hydrogen-bond acceptors (Lipinski definition) is 2. The summed E-state index contributed by atoms with van der Waals surface area (Å²) in [4.78, 5) is 11.6. The number of rotatable bonds is 2. The van der Waals surface area contributed by atoms with Gasteiger partial charge < -0.3 is 5.73 Å². The van der Waals surface area contributed by atoms with Crippen molar-refractivity contribution in [3.8, 4) is 0 Å².